The molecule has 8 heteroatoms. The molecule has 1 fully saturated rings. The monoisotopic (exact) mass is 368 g/mol. The van der Waals surface area contributed by atoms with E-state index in [4.69, 9.17) is 0 Å². The summed E-state index contributed by atoms with van der Waals surface area (Å²) in [4.78, 5) is 24.6. The summed E-state index contributed by atoms with van der Waals surface area (Å²) >= 11 is 1.53. The summed E-state index contributed by atoms with van der Waals surface area (Å²) in [5.74, 6) is -0.0459. The molecule has 1 heterocycles. The SMILES string of the molecule is C[C@H]1CSc2ccc(S(=O)(=O)CCC(=O)NC3CC3)cc2NC1=O. The summed E-state index contributed by atoms with van der Waals surface area (Å²) in [5.41, 5.74) is 0.526. The second-order valence-electron chi connectivity index (χ2n) is 6.27. The highest BCUT2D eigenvalue weighted by Crippen LogP contribution is 2.34. The maximum absolute atomic E-state index is 12.5. The van der Waals surface area contributed by atoms with E-state index in [9.17, 15) is 18.0 Å². The molecule has 1 saturated carbocycles. The summed E-state index contributed by atoms with van der Waals surface area (Å²) in [6.45, 7) is 1.84. The third-order valence-electron chi connectivity index (χ3n) is 4.04. The van der Waals surface area contributed by atoms with E-state index in [1.807, 2.05) is 6.92 Å². The van der Waals surface area contributed by atoms with Gasteiger partial charge in [0.1, 0.15) is 0 Å². The van der Waals surface area contributed by atoms with Crippen molar-refractivity contribution in [2.45, 2.75) is 42.0 Å². The summed E-state index contributed by atoms with van der Waals surface area (Å²) in [6.07, 6.45) is 1.90. The van der Waals surface area contributed by atoms with Crippen LogP contribution in [0.2, 0.25) is 0 Å². The van der Waals surface area contributed by atoms with Gasteiger partial charge in [0.2, 0.25) is 11.8 Å². The molecule has 2 N–H and O–H groups in total. The molecule has 0 unspecified atom stereocenters. The Bertz CT molecular complexity index is 772. The molecule has 3 rings (SSSR count). The van der Waals surface area contributed by atoms with Gasteiger partial charge in [0, 0.05) is 29.0 Å². The van der Waals surface area contributed by atoms with Crippen molar-refractivity contribution >= 4 is 39.1 Å². The smallest absolute Gasteiger partial charge is 0.228 e. The lowest BCUT2D eigenvalue weighted by Gasteiger charge is -2.10. The molecule has 1 aliphatic heterocycles. The third kappa shape index (κ3) is 4.10. The highest BCUT2D eigenvalue weighted by atomic mass is 32.2. The zero-order valence-corrected chi connectivity index (χ0v) is 15.0. The molecule has 24 heavy (non-hydrogen) atoms. The predicted octanol–water partition coefficient (Wildman–Crippen LogP) is 1.81. The van der Waals surface area contributed by atoms with E-state index < -0.39 is 9.84 Å². The van der Waals surface area contributed by atoms with E-state index >= 15 is 0 Å². The number of anilines is 1. The van der Waals surface area contributed by atoms with Gasteiger partial charge in [-0.05, 0) is 31.0 Å². The zero-order chi connectivity index (χ0) is 17.3. The standard InChI is InChI=1S/C16H20N2O4S2/c1-10-9-23-14-5-4-12(8-13(14)18-16(10)20)24(21,22)7-6-15(19)17-11-2-3-11/h4-5,8,10-11H,2-3,6-7,9H2,1H3,(H,17,19)(H,18,20)/t10-/m0/s1. The Balaban J connectivity index is 1.72. The predicted molar refractivity (Wildman–Crippen MR) is 92.8 cm³/mol. The molecular weight excluding hydrogens is 348 g/mol. The van der Waals surface area contributed by atoms with Gasteiger partial charge in [-0.2, -0.15) is 0 Å². The van der Waals surface area contributed by atoms with Gasteiger partial charge in [-0.15, -0.1) is 11.8 Å². The number of hydrogen-bond donors (Lipinski definition) is 2. The molecule has 0 bridgehead atoms. The van der Waals surface area contributed by atoms with E-state index in [0.29, 0.717) is 11.4 Å². The molecule has 2 aliphatic rings. The fraction of sp³-hybridized carbons (Fsp3) is 0.500. The van der Waals surface area contributed by atoms with Gasteiger partial charge in [-0.3, -0.25) is 9.59 Å². The van der Waals surface area contributed by atoms with Crippen LogP contribution in [-0.4, -0.2) is 37.8 Å². The highest BCUT2D eigenvalue weighted by molar-refractivity contribution is 7.99. The van der Waals surface area contributed by atoms with Crippen molar-refractivity contribution in [1.29, 1.82) is 0 Å². The van der Waals surface area contributed by atoms with Crippen molar-refractivity contribution in [3.05, 3.63) is 18.2 Å². The molecule has 0 spiro atoms. The van der Waals surface area contributed by atoms with Gasteiger partial charge >= 0.3 is 0 Å². The van der Waals surface area contributed by atoms with Crippen LogP contribution in [0, 0.1) is 5.92 Å². The lowest BCUT2D eigenvalue weighted by molar-refractivity contribution is -0.121. The van der Waals surface area contributed by atoms with Crippen LogP contribution in [0.15, 0.2) is 28.0 Å². The van der Waals surface area contributed by atoms with Crippen molar-refractivity contribution in [3.8, 4) is 0 Å². The van der Waals surface area contributed by atoms with Gasteiger partial charge < -0.3 is 10.6 Å². The topological polar surface area (TPSA) is 92.3 Å². The number of fused-ring (bicyclic) bond motifs is 1. The quantitative estimate of drug-likeness (QED) is 0.827. The lowest BCUT2D eigenvalue weighted by Crippen LogP contribution is -2.27. The first-order valence-electron chi connectivity index (χ1n) is 7.95. The molecule has 1 aliphatic carbocycles. The second kappa shape index (κ2) is 6.76. The summed E-state index contributed by atoms with van der Waals surface area (Å²) in [6, 6.07) is 4.98. The van der Waals surface area contributed by atoms with Crippen LogP contribution in [-0.2, 0) is 19.4 Å². The van der Waals surface area contributed by atoms with Crippen molar-refractivity contribution in [2.24, 2.45) is 5.92 Å². The molecule has 1 atom stereocenters. The average Bonchev–Trinajstić information content (AvgIpc) is 3.35. The Kier molecular flexibility index (Phi) is 4.87. The number of sulfone groups is 1. The van der Waals surface area contributed by atoms with Crippen LogP contribution in [0.1, 0.15) is 26.2 Å². The molecule has 130 valence electrons. The molecule has 6 nitrogen and oxygen atoms in total. The Morgan fingerprint density at radius 2 is 2.12 bits per heavy atom. The molecule has 0 saturated heterocycles. The minimum atomic E-state index is -3.57. The fourth-order valence-corrected chi connectivity index (χ4v) is 4.62. The molecule has 1 aromatic carbocycles. The summed E-state index contributed by atoms with van der Waals surface area (Å²) in [5, 5.41) is 5.56. The molecular formula is C16H20N2O4S2. The van der Waals surface area contributed by atoms with Crippen LogP contribution >= 0.6 is 11.8 Å². The first-order valence-corrected chi connectivity index (χ1v) is 10.6. The van der Waals surface area contributed by atoms with Crippen LogP contribution in [0.4, 0.5) is 5.69 Å². The minimum absolute atomic E-state index is 0.0476. The van der Waals surface area contributed by atoms with Gasteiger partial charge in [0.05, 0.1) is 16.3 Å². The number of carbonyl (C=O) groups excluding carboxylic acids is 2. The summed E-state index contributed by atoms with van der Waals surface area (Å²) in [7, 11) is -3.57. The highest BCUT2D eigenvalue weighted by Gasteiger charge is 2.25. The van der Waals surface area contributed by atoms with Gasteiger partial charge in [0.25, 0.3) is 0 Å². The van der Waals surface area contributed by atoms with Gasteiger partial charge in [-0.1, -0.05) is 6.92 Å². The van der Waals surface area contributed by atoms with Crippen molar-refractivity contribution in [1.82, 2.24) is 5.32 Å². The number of carbonyl (C=O) groups is 2. The van der Waals surface area contributed by atoms with E-state index in [2.05, 4.69) is 10.6 Å². The average molecular weight is 368 g/mol. The maximum Gasteiger partial charge on any atom is 0.228 e. The van der Waals surface area contributed by atoms with Crippen molar-refractivity contribution in [2.75, 3.05) is 16.8 Å². The maximum atomic E-state index is 12.5. The molecule has 0 aromatic heterocycles. The Morgan fingerprint density at radius 1 is 1.38 bits per heavy atom. The number of rotatable bonds is 5. The van der Waals surface area contributed by atoms with Gasteiger partial charge in [-0.25, -0.2) is 8.42 Å². The van der Waals surface area contributed by atoms with Crippen LogP contribution in [0.3, 0.4) is 0 Å². The van der Waals surface area contributed by atoms with Crippen LogP contribution in [0.25, 0.3) is 0 Å². The number of benzene rings is 1. The van der Waals surface area contributed by atoms with Crippen molar-refractivity contribution in [3.63, 3.8) is 0 Å². The number of hydrogen-bond acceptors (Lipinski definition) is 5. The Labute approximate surface area is 145 Å². The normalized spacial score (nSPS) is 20.7. The van der Waals surface area contributed by atoms with Crippen molar-refractivity contribution < 1.29 is 18.0 Å². The number of nitrogens with one attached hydrogen (secondary N) is 2. The number of amides is 2. The second-order valence-corrected chi connectivity index (χ2v) is 9.44. The van der Waals surface area contributed by atoms with E-state index in [-0.39, 0.29) is 40.8 Å². The van der Waals surface area contributed by atoms with Crippen LogP contribution < -0.4 is 10.6 Å². The van der Waals surface area contributed by atoms with Crippen LogP contribution in [0.5, 0.6) is 0 Å². The van der Waals surface area contributed by atoms with E-state index in [1.165, 1.54) is 17.8 Å². The number of thioether (sulfide) groups is 1. The Morgan fingerprint density at radius 3 is 2.83 bits per heavy atom. The largest absolute Gasteiger partial charge is 0.353 e. The molecule has 0 radical (unpaired) electrons. The first kappa shape index (κ1) is 17.3. The third-order valence-corrected chi connectivity index (χ3v) is 7.09. The Hall–Kier alpha value is -1.54. The van der Waals surface area contributed by atoms with E-state index in [1.54, 1.807) is 12.1 Å². The fourth-order valence-electron chi connectivity index (χ4n) is 2.34. The first-order chi connectivity index (χ1) is 11.3. The lowest BCUT2D eigenvalue weighted by atomic mass is 10.2. The van der Waals surface area contributed by atoms with Gasteiger partial charge in [0.15, 0.2) is 9.84 Å². The molecule has 1 aromatic rings. The van der Waals surface area contributed by atoms with E-state index in [0.717, 1.165) is 17.7 Å². The molecule has 2 amide bonds. The minimum Gasteiger partial charge on any atom is -0.353 e. The summed E-state index contributed by atoms with van der Waals surface area (Å²) < 4.78 is 24.9. The zero-order valence-electron chi connectivity index (χ0n) is 13.4.